The van der Waals surface area contributed by atoms with E-state index < -0.39 is 0 Å². The van der Waals surface area contributed by atoms with E-state index in [2.05, 4.69) is 16.3 Å². The zero-order valence-corrected chi connectivity index (χ0v) is 14.8. The molecule has 1 aliphatic heterocycles. The average molecular weight is 353 g/mol. The van der Waals surface area contributed by atoms with Gasteiger partial charge in [0.1, 0.15) is 0 Å². The summed E-state index contributed by atoms with van der Waals surface area (Å²) in [6.45, 7) is 0. The molecule has 1 saturated carbocycles. The molecule has 1 aromatic carbocycles. The Morgan fingerprint density at radius 3 is 2.56 bits per heavy atom. The number of aromatic nitrogens is 2. The molecule has 2 aromatic rings. The fraction of sp³-hybridized carbons (Fsp3) is 0.450. The van der Waals surface area contributed by atoms with E-state index in [0.717, 1.165) is 35.5 Å². The highest BCUT2D eigenvalue weighted by Gasteiger charge is 2.39. The number of hydrogen-bond donors (Lipinski definition) is 1. The standard InChI is InChI=1S/C20H21ClN4/c21-17-10-6-5-9-14(17)18-15(11-22)19(13-7-3-1-2-4-8-13)24-20-16(18)12-23-25-20/h5-6,9-10,12-13,15,18H,1-4,7-8H2,(H,23,25). The molecular formula is C20H21ClN4. The molecule has 0 saturated heterocycles. The van der Waals surface area contributed by atoms with Gasteiger partial charge in [-0.2, -0.15) is 10.4 Å². The van der Waals surface area contributed by atoms with Crippen LogP contribution in [-0.2, 0) is 0 Å². The molecule has 0 bridgehead atoms. The molecule has 1 fully saturated rings. The smallest absolute Gasteiger partial charge is 0.151 e. The van der Waals surface area contributed by atoms with Gasteiger partial charge < -0.3 is 0 Å². The minimum absolute atomic E-state index is 0.108. The van der Waals surface area contributed by atoms with Crippen LogP contribution in [0.25, 0.3) is 0 Å². The minimum atomic E-state index is -0.284. The Balaban J connectivity index is 1.82. The summed E-state index contributed by atoms with van der Waals surface area (Å²) in [5.74, 6) is 0.778. The lowest BCUT2D eigenvalue weighted by molar-refractivity contribution is 0.553. The first kappa shape index (κ1) is 16.4. The summed E-state index contributed by atoms with van der Waals surface area (Å²) in [6, 6.07) is 10.4. The molecule has 1 aliphatic carbocycles. The highest BCUT2D eigenvalue weighted by molar-refractivity contribution is 6.31. The number of benzene rings is 1. The fourth-order valence-corrected chi connectivity index (χ4v) is 4.54. The molecular weight excluding hydrogens is 332 g/mol. The molecule has 0 spiro atoms. The van der Waals surface area contributed by atoms with Gasteiger partial charge in [-0.25, -0.2) is 4.99 Å². The predicted octanol–water partition coefficient (Wildman–Crippen LogP) is 5.39. The third-order valence-corrected chi connectivity index (χ3v) is 5.87. The van der Waals surface area contributed by atoms with E-state index in [1.54, 1.807) is 6.20 Å². The molecule has 1 aromatic heterocycles. The van der Waals surface area contributed by atoms with E-state index in [-0.39, 0.29) is 11.8 Å². The maximum Gasteiger partial charge on any atom is 0.151 e. The largest absolute Gasteiger partial charge is 0.261 e. The van der Waals surface area contributed by atoms with Crippen LogP contribution < -0.4 is 0 Å². The van der Waals surface area contributed by atoms with Crippen molar-refractivity contribution in [3.05, 3.63) is 46.6 Å². The lowest BCUT2D eigenvalue weighted by Crippen LogP contribution is -2.31. The average Bonchev–Trinajstić information content (AvgIpc) is 2.93. The Hall–Kier alpha value is -2.12. The second-order valence-electron chi connectivity index (χ2n) is 7.01. The van der Waals surface area contributed by atoms with Crippen LogP contribution in [0, 0.1) is 23.2 Å². The minimum Gasteiger partial charge on any atom is -0.261 e. The molecule has 128 valence electrons. The SMILES string of the molecule is N#CC1C(C2CCCCCC2)=Nc2[nH]ncc2C1c1ccccc1Cl. The first-order valence-electron chi connectivity index (χ1n) is 9.05. The molecule has 2 aliphatic rings. The maximum atomic E-state index is 10.0. The van der Waals surface area contributed by atoms with Gasteiger partial charge in [-0.05, 0) is 30.4 Å². The number of H-pyrrole nitrogens is 1. The Bertz CT molecular complexity index is 824. The number of rotatable bonds is 2. The highest BCUT2D eigenvalue weighted by atomic mass is 35.5. The van der Waals surface area contributed by atoms with Crippen LogP contribution in [-0.4, -0.2) is 15.9 Å². The molecule has 25 heavy (non-hydrogen) atoms. The number of aliphatic imine (C=N–C) groups is 1. The van der Waals surface area contributed by atoms with E-state index in [1.807, 2.05) is 24.3 Å². The van der Waals surface area contributed by atoms with Crippen molar-refractivity contribution in [3.8, 4) is 6.07 Å². The van der Waals surface area contributed by atoms with Crippen molar-refractivity contribution >= 4 is 23.1 Å². The van der Waals surface area contributed by atoms with Gasteiger partial charge in [0.2, 0.25) is 0 Å². The number of nitrogens with zero attached hydrogens (tertiary/aromatic N) is 3. The van der Waals surface area contributed by atoms with Gasteiger partial charge in [0.15, 0.2) is 5.82 Å². The number of hydrogen-bond acceptors (Lipinski definition) is 3. The summed E-state index contributed by atoms with van der Waals surface area (Å²) in [5.41, 5.74) is 2.97. The van der Waals surface area contributed by atoms with Crippen molar-refractivity contribution in [2.24, 2.45) is 16.8 Å². The van der Waals surface area contributed by atoms with Crippen LogP contribution in [0.1, 0.15) is 55.6 Å². The molecule has 0 amide bonds. The summed E-state index contributed by atoms with van der Waals surface area (Å²) in [5, 5.41) is 17.9. The molecule has 1 N–H and O–H groups in total. The van der Waals surface area contributed by atoms with E-state index in [9.17, 15) is 5.26 Å². The summed E-state index contributed by atoms with van der Waals surface area (Å²) >= 11 is 6.49. The first-order valence-corrected chi connectivity index (χ1v) is 9.43. The van der Waals surface area contributed by atoms with Crippen molar-refractivity contribution in [1.29, 1.82) is 5.26 Å². The van der Waals surface area contributed by atoms with Gasteiger partial charge in [0.25, 0.3) is 0 Å². The van der Waals surface area contributed by atoms with E-state index >= 15 is 0 Å². The second kappa shape index (κ2) is 7.01. The quantitative estimate of drug-likeness (QED) is 0.736. The van der Waals surface area contributed by atoms with E-state index in [0.29, 0.717) is 10.9 Å². The first-order chi connectivity index (χ1) is 12.3. The van der Waals surface area contributed by atoms with Gasteiger partial charge in [0.05, 0.1) is 18.2 Å². The Labute approximate surface area is 152 Å². The van der Waals surface area contributed by atoms with Crippen molar-refractivity contribution in [2.75, 3.05) is 0 Å². The van der Waals surface area contributed by atoms with Gasteiger partial charge in [-0.3, -0.25) is 5.10 Å². The van der Waals surface area contributed by atoms with Crippen molar-refractivity contribution < 1.29 is 0 Å². The number of nitrogens with one attached hydrogen (secondary N) is 1. The van der Waals surface area contributed by atoms with Crippen LogP contribution >= 0.6 is 11.6 Å². The second-order valence-corrected chi connectivity index (χ2v) is 7.41. The highest BCUT2D eigenvalue weighted by Crippen LogP contribution is 2.45. The summed E-state index contributed by atoms with van der Waals surface area (Å²) in [6.07, 6.45) is 9.03. The summed E-state index contributed by atoms with van der Waals surface area (Å²) < 4.78 is 0. The van der Waals surface area contributed by atoms with Crippen LogP contribution in [0.4, 0.5) is 5.82 Å². The molecule has 0 radical (unpaired) electrons. The zero-order chi connectivity index (χ0) is 17.2. The molecule has 5 heteroatoms. The summed E-state index contributed by atoms with van der Waals surface area (Å²) in [4.78, 5) is 4.86. The zero-order valence-electron chi connectivity index (χ0n) is 14.1. The Morgan fingerprint density at radius 2 is 1.84 bits per heavy atom. The lowest BCUT2D eigenvalue weighted by Gasteiger charge is -2.31. The Kier molecular flexibility index (Phi) is 4.59. The van der Waals surface area contributed by atoms with Crippen molar-refractivity contribution in [3.63, 3.8) is 0 Å². The van der Waals surface area contributed by atoms with Gasteiger partial charge in [-0.1, -0.05) is 55.5 Å². The molecule has 2 atom stereocenters. The van der Waals surface area contributed by atoms with E-state index in [4.69, 9.17) is 16.6 Å². The number of aromatic amines is 1. The number of fused-ring (bicyclic) bond motifs is 1. The monoisotopic (exact) mass is 352 g/mol. The van der Waals surface area contributed by atoms with Gasteiger partial charge in [-0.15, -0.1) is 0 Å². The third kappa shape index (κ3) is 2.98. The molecule has 2 unspecified atom stereocenters. The molecule has 4 nitrogen and oxygen atoms in total. The third-order valence-electron chi connectivity index (χ3n) is 5.53. The summed E-state index contributed by atoms with van der Waals surface area (Å²) in [7, 11) is 0. The fourth-order valence-electron chi connectivity index (χ4n) is 4.29. The van der Waals surface area contributed by atoms with Crippen LogP contribution in [0.3, 0.4) is 0 Å². The number of nitriles is 1. The topological polar surface area (TPSA) is 64.8 Å². The number of halogens is 1. The molecule has 2 heterocycles. The normalized spacial score (nSPS) is 24.1. The molecule has 4 rings (SSSR count). The van der Waals surface area contributed by atoms with Crippen molar-refractivity contribution in [2.45, 2.75) is 44.4 Å². The van der Waals surface area contributed by atoms with Crippen LogP contribution in [0.5, 0.6) is 0 Å². The lowest BCUT2D eigenvalue weighted by atomic mass is 9.73. The van der Waals surface area contributed by atoms with Gasteiger partial charge >= 0.3 is 0 Å². The van der Waals surface area contributed by atoms with Gasteiger partial charge in [0, 0.05) is 22.2 Å². The van der Waals surface area contributed by atoms with Crippen LogP contribution in [0.15, 0.2) is 35.5 Å². The predicted molar refractivity (Wildman–Crippen MR) is 99.3 cm³/mol. The maximum absolute atomic E-state index is 10.0. The van der Waals surface area contributed by atoms with Crippen LogP contribution in [0.2, 0.25) is 5.02 Å². The van der Waals surface area contributed by atoms with E-state index in [1.165, 1.54) is 25.7 Å². The Morgan fingerprint density at radius 1 is 1.08 bits per heavy atom. The van der Waals surface area contributed by atoms with Crippen molar-refractivity contribution in [1.82, 2.24) is 10.2 Å².